The monoisotopic (exact) mass is 528 g/mol. The molecule has 1 N–H and O–H groups in total. The van der Waals surface area contributed by atoms with Gasteiger partial charge in [-0.05, 0) is 103 Å². The molecule has 4 aromatic heterocycles. The van der Waals surface area contributed by atoms with Crippen molar-refractivity contribution in [2.24, 2.45) is 0 Å². The van der Waals surface area contributed by atoms with Crippen molar-refractivity contribution in [2.45, 2.75) is 26.7 Å². The fourth-order valence-electron chi connectivity index (χ4n) is 7.19. The number of pyridine rings is 1. The van der Waals surface area contributed by atoms with Crippen LogP contribution in [0.4, 0.5) is 0 Å². The third-order valence-corrected chi connectivity index (χ3v) is 9.17. The maximum atomic E-state index is 4.51. The smallest absolute Gasteiger partial charge is 0.0674 e. The fourth-order valence-corrected chi connectivity index (χ4v) is 7.19. The van der Waals surface area contributed by atoms with E-state index in [-0.39, 0.29) is 0 Å². The van der Waals surface area contributed by atoms with E-state index < -0.39 is 0 Å². The van der Waals surface area contributed by atoms with E-state index in [0.717, 1.165) is 18.5 Å². The number of aromatic nitrogens is 4. The molecule has 0 amide bonds. The zero-order chi connectivity index (χ0) is 27.2. The van der Waals surface area contributed by atoms with E-state index in [2.05, 4.69) is 124 Å². The van der Waals surface area contributed by atoms with Gasteiger partial charge in [-0.15, -0.1) is 0 Å². The number of rotatable bonds is 2. The molecule has 4 heterocycles. The van der Waals surface area contributed by atoms with Gasteiger partial charge in [0.05, 0.1) is 39.6 Å². The third kappa shape index (κ3) is 3.07. The lowest BCUT2D eigenvalue weighted by Crippen LogP contribution is -2.05. The summed E-state index contributed by atoms with van der Waals surface area (Å²) in [5.41, 5.74) is 15.3. The Kier molecular flexibility index (Phi) is 4.55. The predicted octanol–water partition coefficient (Wildman–Crippen LogP) is 8.99. The minimum Gasteiger partial charge on any atom is -0.366 e. The van der Waals surface area contributed by atoms with Crippen LogP contribution in [0.25, 0.3) is 66.1 Å². The van der Waals surface area contributed by atoms with Crippen LogP contribution in [0, 0.1) is 13.8 Å². The summed E-state index contributed by atoms with van der Waals surface area (Å²) in [6.07, 6.45) is 10.2. The number of H-pyrrole nitrogens is 1. The van der Waals surface area contributed by atoms with Gasteiger partial charge < -0.3 is 14.1 Å². The molecule has 41 heavy (non-hydrogen) atoms. The number of benzene rings is 4. The first-order chi connectivity index (χ1) is 20.2. The topological polar surface area (TPSA) is 38.5 Å². The Labute approximate surface area is 237 Å². The van der Waals surface area contributed by atoms with Crippen molar-refractivity contribution in [1.29, 1.82) is 0 Å². The quantitative estimate of drug-likeness (QED) is 0.239. The minimum atomic E-state index is 1.05. The maximum absolute atomic E-state index is 4.51. The molecule has 1 aliphatic rings. The number of hydrogen-bond donors (Lipinski definition) is 1. The first-order valence-corrected chi connectivity index (χ1v) is 14.3. The van der Waals surface area contributed by atoms with Crippen LogP contribution in [0.15, 0.2) is 104 Å². The molecule has 1 aliphatic carbocycles. The first kappa shape index (κ1) is 22.7. The van der Waals surface area contributed by atoms with Crippen molar-refractivity contribution in [1.82, 2.24) is 19.1 Å². The second kappa shape index (κ2) is 8.21. The van der Waals surface area contributed by atoms with Crippen LogP contribution in [0.1, 0.15) is 22.3 Å². The van der Waals surface area contributed by atoms with Crippen LogP contribution in [0.3, 0.4) is 0 Å². The number of nitrogens with one attached hydrogen (secondary N) is 1. The van der Waals surface area contributed by atoms with Crippen molar-refractivity contribution >= 4 is 43.6 Å². The second-order valence-corrected chi connectivity index (χ2v) is 11.4. The second-order valence-electron chi connectivity index (χ2n) is 11.4. The molecule has 0 saturated heterocycles. The molecule has 0 aliphatic heterocycles. The Morgan fingerprint density at radius 3 is 1.73 bits per heavy atom. The number of aromatic amines is 1. The molecule has 0 spiro atoms. The van der Waals surface area contributed by atoms with Crippen LogP contribution < -0.4 is 0 Å². The number of para-hydroxylation sites is 2. The predicted molar refractivity (Wildman–Crippen MR) is 170 cm³/mol. The molecule has 4 heteroatoms. The highest BCUT2D eigenvalue weighted by Gasteiger charge is 2.24. The Hall–Kier alpha value is -5.09. The van der Waals surface area contributed by atoms with E-state index in [4.69, 9.17) is 0 Å². The highest BCUT2D eigenvalue weighted by atomic mass is 15.0. The van der Waals surface area contributed by atoms with Crippen molar-refractivity contribution in [3.05, 3.63) is 126 Å². The summed E-state index contributed by atoms with van der Waals surface area (Å²) >= 11 is 0. The molecular weight excluding hydrogens is 500 g/mol. The van der Waals surface area contributed by atoms with Crippen LogP contribution in [-0.2, 0) is 12.8 Å². The van der Waals surface area contributed by atoms with Gasteiger partial charge in [0.1, 0.15) is 0 Å². The highest BCUT2D eigenvalue weighted by Crippen LogP contribution is 2.44. The van der Waals surface area contributed by atoms with E-state index in [0.29, 0.717) is 0 Å². The van der Waals surface area contributed by atoms with Crippen molar-refractivity contribution in [3.63, 3.8) is 0 Å². The third-order valence-electron chi connectivity index (χ3n) is 9.17. The fraction of sp³-hybridized carbons (Fsp3) is 0.108. The summed E-state index contributed by atoms with van der Waals surface area (Å²) < 4.78 is 4.83. The SMILES string of the molecule is Cc1ccncc1-n1c2ccccc2c2cc3c(cc21)-c1cc2c(cc1CC3)c1ccccc1n2-c1c[nH]cc1C. The van der Waals surface area contributed by atoms with Gasteiger partial charge in [0.15, 0.2) is 0 Å². The minimum absolute atomic E-state index is 1.05. The van der Waals surface area contributed by atoms with Gasteiger partial charge >= 0.3 is 0 Å². The van der Waals surface area contributed by atoms with Crippen LogP contribution in [0.2, 0.25) is 0 Å². The molecule has 0 radical (unpaired) electrons. The standard InChI is InChI=1S/C37H28N4/c1-22-13-14-38-20-36(22)40-32-9-5-3-7-26(32)30-15-24-11-12-25-16-31-27-8-4-6-10-33(27)41(37-21-39-19-23(37)2)35(31)18-29(25)28(24)17-34(30)40/h3-10,13-21,39H,11-12H2,1-2H3. The Morgan fingerprint density at radius 2 is 1.17 bits per heavy atom. The summed E-state index contributed by atoms with van der Waals surface area (Å²) in [6.45, 7) is 4.35. The molecular formula is C37H28N4. The van der Waals surface area contributed by atoms with Crippen LogP contribution in [0.5, 0.6) is 0 Å². The Balaban J connectivity index is 1.38. The maximum Gasteiger partial charge on any atom is 0.0674 e. The van der Waals surface area contributed by atoms with E-state index >= 15 is 0 Å². The average molecular weight is 529 g/mol. The summed E-state index contributed by atoms with van der Waals surface area (Å²) in [5, 5.41) is 5.23. The molecule has 0 fully saturated rings. The van der Waals surface area contributed by atoms with Crippen LogP contribution >= 0.6 is 0 Å². The lowest BCUT2D eigenvalue weighted by Gasteiger charge is -2.21. The largest absolute Gasteiger partial charge is 0.366 e. The highest BCUT2D eigenvalue weighted by molar-refractivity contribution is 6.13. The normalized spacial score (nSPS) is 12.9. The first-order valence-electron chi connectivity index (χ1n) is 14.3. The number of aryl methyl sites for hydroxylation is 4. The van der Waals surface area contributed by atoms with Gasteiger partial charge in [0.2, 0.25) is 0 Å². The van der Waals surface area contributed by atoms with E-state index in [1.54, 1.807) is 0 Å². The molecule has 0 atom stereocenters. The van der Waals surface area contributed by atoms with E-state index in [1.807, 2.05) is 12.4 Å². The zero-order valence-electron chi connectivity index (χ0n) is 23.1. The molecule has 4 nitrogen and oxygen atoms in total. The molecule has 8 aromatic rings. The molecule has 0 unspecified atom stereocenters. The van der Waals surface area contributed by atoms with Crippen molar-refractivity contribution < 1.29 is 0 Å². The zero-order valence-corrected chi connectivity index (χ0v) is 23.1. The molecule has 0 bridgehead atoms. The number of hydrogen-bond acceptors (Lipinski definition) is 1. The van der Waals surface area contributed by atoms with Gasteiger partial charge in [-0.1, -0.05) is 36.4 Å². The van der Waals surface area contributed by atoms with Crippen LogP contribution in [-0.4, -0.2) is 19.1 Å². The summed E-state index contributed by atoms with van der Waals surface area (Å²) in [7, 11) is 0. The van der Waals surface area contributed by atoms with Gasteiger partial charge in [-0.2, -0.15) is 0 Å². The van der Waals surface area contributed by atoms with Gasteiger partial charge in [-0.25, -0.2) is 0 Å². The lowest BCUT2D eigenvalue weighted by atomic mass is 9.84. The van der Waals surface area contributed by atoms with Gasteiger partial charge in [-0.3, -0.25) is 4.98 Å². The summed E-state index contributed by atoms with van der Waals surface area (Å²) in [4.78, 5) is 7.83. The Morgan fingerprint density at radius 1 is 0.585 bits per heavy atom. The van der Waals surface area contributed by atoms with Gasteiger partial charge in [0, 0.05) is 40.1 Å². The van der Waals surface area contributed by atoms with Crippen molar-refractivity contribution in [2.75, 3.05) is 0 Å². The summed E-state index contributed by atoms with van der Waals surface area (Å²) in [6, 6.07) is 29.5. The van der Waals surface area contributed by atoms with E-state index in [1.165, 1.54) is 82.7 Å². The lowest BCUT2D eigenvalue weighted by molar-refractivity contribution is 0.945. The van der Waals surface area contributed by atoms with Gasteiger partial charge in [0.25, 0.3) is 0 Å². The number of nitrogens with zero attached hydrogens (tertiary/aromatic N) is 3. The molecule has 0 saturated carbocycles. The molecule has 9 rings (SSSR count). The molecule has 196 valence electrons. The molecule has 4 aromatic carbocycles. The van der Waals surface area contributed by atoms with E-state index in [9.17, 15) is 0 Å². The number of fused-ring (bicyclic) bond motifs is 9. The van der Waals surface area contributed by atoms with Crippen molar-refractivity contribution in [3.8, 4) is 22.5 Å². The summed E-state index contributed by atoms with van der Waals surface area (Å²) in [5.74, 6) is 0. The Bertz CT molecular complexity index is 2340. The average Bonchev–Trinajstić information content (AvgIpc) is 3.66.